The van der Waals surface area contributed by atoms with E-state index in [2.05, 4.69) is 35.4 Å². The molecule has 0 unspecified atom stereocenters. The number of nitrogens with one attached hydrogen (secondary N) is 1. The topological polar surface area (TPSA) is 47.0 Å². The summed E-state index contributed by atoms with van der Waals surface area (Å²) in [5.74, 6) is 1.49. The number of methoxy groups -OCH3 is 1. The van der Waals surface area contributed by atoms with Crippen molar-refractivity contribution in [2.45, 2.75) is 26.3 Å². The van der Waals surface area contributed by atoms with E-state index in [0.29, 0.717) is 5.82 Å². The molecule has 1 heterocycles. The predicted octanol–water partition coefficient (Wildman–Crippen LogP) is 3.42. The maximum absolute atomic E-state index is 5.31. The van der Waals surface area contributed by atoms with E-state index in [1.54, 1.807) is 7.11 Å². The van der Waals surface area contributed by atoms with Crippen molar-refractivity contribution in [2.75, 3.05) is 12.4 Å². The van der Waals surface area contributed by atoms with Crippen molar-refractivity contribution in [3.8, 4) is 17.1 Å². The number of ether oxygens (including phenoxy) is 1. The SMILES string of the molecule is COc1ccccc1-c1nsc(NC(C)(C)C)n1. The standard InChI is InChI=1S/C13H17N3OS/c1-13(2,3)15-12-14-11(16-18-12)9-7-5-6-8-10(9)17-4/h5-8H,1-4H3,(H,14,15,16). The van der Waals surface area contributed by atoms with E-state index in [0.717, 1.165) is 16.4 Å². The van der Waals surface area contributed by atoms with Crippen molar-refractivity contribution in [1.82, 2.24) is 9.36 Å². The van der Waals surface area contributed by atoms with Crippen LogP contribution in [-0.4, -0.2) is 22.0 Å². The highest BCUT2D eigenvalue weighted by atomic mass is 32.1. The van der Waals surface area contributed by atoms with Crippen LogP contribution in [0.15, 0.2) is 24.3 Å². The summed E-state index contributed by atoms with van der Waals surface area (Å²) in [6.45, 7) is 6.28. The molecule has 0 aliphatic rings. The van der Waals surface area contributed by atoms with Crippen LogP contribution in [-0.2, 0) is 0 Å². The fourth-order valence-corrected chi connectivity index (χ4v) is 2.33. The van der Waals surface area contributed by atoms with Crippen LogP contribution in [0.25, 0.3) is 11.4 Å². The van der Waals surface area contributed by atoms with Crippen LogP contribution >= 0.6 is 11.5 Å². The molecule has 0 spiro atoms. The zero-order chi connectivity index (χ0) is 13.2. The van der Waals surface area contributed by atoms with E-state index in [9.17, 15) is 0 Å². The molecule has 0 saturated heterocycles. The van der Waals surface area contributed by atoms with Gasteiger partial charge < -0.3 is 10.1 Å². The molecule has 2 aromatic rings. The lowest BCUT2D eigenvalue weighted by Gasteiger charge is -2.18. The Balaban J connectivity index is 2.29. The number of para-hydroxylation sites is 1. The number of hydrogen-bond donors (Lipinski definition) is 1. The Morgan fingerprint density at radius 1 is 1.22 bits per heavy atom. The third kappa shape index (κ3) is 2.98. The number of hydrogen-bond acceptors (Lipinski definition) is 5. The summed E-state index contributed by atoms with van der Waals surface area (Å²) in [6.07, 6.45) is 0. The first kappa shape index (κ1) is 12.8. The molecule has 1 N–H and O–H groups in total. The lowest BCUT2D eigenvalue weighted by atomic mass is 10.1. The van der Waals surface area contributed by atoms with Crippen molar-refractivity contribution in [1.29, 1.82) is 0 Å². The second kappa shape index (κ2) is 4.94. The number of rotatable bonds is 3. The highest BCUT2D eigenvalue weighted by Gasteiger charge is 2.15. The average molecular weight is 263 g/mol. The Morgan fingerprint density at radius 2 is 1.94 bits per heavy atom. The Labute approximate surface area is 111 Å². The fourth-order valence-electron chi connectivity index (χ4n) is 1.53. The second-order valence-electron chi connectivity index (χ2n) is 5.00. The van der Waals surface area contributed by atoms with Crippen LogP contribution in [0.5, 0.6) is 5.75 Å². The molecular weight excluding hydrogens is 246 g/mol. The fraction of sp³-hybridized carbons (Fsp3) is 0.385. The van der Waals surface area contributed by atoms with E-state index in [1.807, 2.05) is 24.3 Å². The van der Waals surface area contributed by atoms with Gasteiger partial charge in [-0.1, -0.05) is 12.1 Å². The predicted molar refractivity (Wildman–Crippen MR) is 75.3 cm³/mol. The van der Waals surface area contributed by atoms with Crippen LogP contribution in [0.4, 0.5) is 5.13 Å². The molecule has 0 aliphatic carbocycles. The lowest BCUT2D eigenvalue weighted by molar-refractivity contribution is 0.416. The summed E-state index contributed by atoms with van der Waals surface area (Å²) in [5, 5.41) is 4.14. The number of aromatic nitrogens is 2. The van der Waals surface area contributed by atoms with Crippen molar-refractivity contribution in [2.24, 2.45) is 0 Å². The molecule has 0 bridgehead atoms. The van der Waals surface area contributed by atoms with Gasteiger partial charge in [-0.05, 0) is 32.9 Å². The van der Waals surface area contributed by atoms with Crippen LogP contribution in [0.3, 0.4) is 0 Å². The lowest BCUT2D eigenvalue weighted by Crippen LogP contribution is -2.25. The molecule has 1 aromatic carbocycles. The Kier molecular flexibility index (Phi) is 3.52. The summed E-state index contributed by atoms with van der Waals surface area (Å²) in [4.78, 5) is 4.49. The Morgan fingerprint density at radius 3 is 2.61 bits per heavy atom. The van der Waals surface area contributed by atoms with Crippen molar-refractivity contribution in [3.05, 3.63) is 24.3 Å². The van der Waals surface area contributed by atoms with Gasteiger partial charge in [0, 0.05) is 17.1 Å². The minimum atomic E-state index is -0.0163. The highest BCUT2D eigenvalue weighted by molar-refractivity contribution is 7.09. The highest BCUT2D eigenvalue weighted by Crippen LogP contribution is 2.30. The Bertz CT molecular complexity index is 531. The van der Waals surface area contributed by atoms with E-state index in [-0.39, 0.29) is 5.54 Å². The first-order valence-electron chi connectivity index (χ1n) is 5.75. The normalized spacial score (nSPS) is 11.3. The largest absolute Gasteiger partial charge is 0.496 e. The van der Waals surface area contributed by atoms with Crippen LogP contribution < -0.4 is 10.1 Å². The van der Waals surface area contributed by atoms with Crippen molar-refractivity contribution in [3.63, 3.8) is 0 Å². The number of anilines is 1. The number of benzene rings is 1. The van der Waals surface area contributed by atoms with Gasteiger partial charge in [-0.15, -0.1) is 0 Å². The average Bonchev–Trinajstić information content (AvgIpc) is 2.75. The van der Waals surface area contributed by atoms with Crippen LogP contribution in [0.1, 0.15) is 20.8 Å². The third-order valence-electron chi connectivity index (χ3n) is 2.26. The molecule has 5 heteroatoms. The van der Waals surface area contributed by atoms with Crippen LogP contribution in [0.2, 0.25) is 0 Å². The molecule has 0 radical (unpaired) electrons. The van der Waals surface area contributed by atoms with Gasteiger partial charge in [0.1, 0.15) is 5.75 Å². The van der Waals surface area contributed by atoms with Gasteiger partial charge in [-0.25, -0.2) is 0 Å². The smallest absolute Gasteiger partial charge is 0.203 e. The molecule has 1 aromatic heterocycles. The summed E-state index contributed by atoms with van der Waals surface area (Å²) in [6, 6.07) is 7.76. The molecule has 0 fully saturated rings. The molecule has 2 rings (SSSR count). The third-order valence-corrected chi connectivity index (χ3v) is 2.89. The van der Waals surface area contributed by atoms with Crippen LogP contribution in [0, 0.1) is 0 Å². The monoisotopic (exact) mass is 263 g/mol. The van der Waals surface area contributed by atoms with Gasteiger partial charge in [-0.3, -0.25) is 0 Å². The van der Waals surface area contributed by atoms with Gasteiger partial charge in [-0.2, -0.15) is 9.36 Å². The summed E-state index contributed by atoms with van der Waals surface area (Å²) in [7, 11) is 1.65. The first-order valence-corrected chi connectivity index (χ1v) is 6.52. The minimum absolute atomic E-state index is 0.0163. The maximum atomic E-state index is 5.31. The zero-order valence-corrected chi connectivity index (χ0v) is 11.8. The summed E-state index contributed by atoms with van der Waals surface area (Å²) < 4.78 is 9.68. The molecule has 0 amide bonds. The van der Waals surface area contributed by atoms with Gasteiger partial charge in [0.05, 0.1) is 12.7 Å². The molecule has 18 heavy (non-hydrogen) atoms. The van der Waals surface area contributed by atoms with E-state index < -0.39 is 0 Å². The molecule has 0 saturated carbocycles. The molecule has 0 atom stereocenters. The second-order valence-corrected chi connectivity index (χ2v) is 5.75. The maximum Gasteiger partial charge on any atom is 0.203 e. The minimum Gasteiger partial charge on any atom is -0.496 e. The molecule has 4 nitrogen and oxygen atoms in total. The van der Waals surface area contributed by atoms with Crippen molar-refractivity contribution >= 4 is 16.7 Å². The van der Waals surface area contributed by atoms with Gasteiger partial charge >= 0.3 is 0 Å². The van der Waals surface area contributed by atoms with E-state index in [1.165, 1.54) is 11.5 Å². The summed E-state index contributed by atoms with van der Waals surface area (Å²) in [5.41, 5.74) is 0.899. The van der Waals surface area contributed by atoms with Crippen molar-refractivity contribution < 1.29 is 4.74 Å². The molecular formula is C13H17N3OS. The zero-order valence-electron chi connectivity index (χ0n) is 11.0. The molecule has 96 valence electrons. The van der Waals surface area contributed by atoms with E-state index >= 15 is 0 Å². The van der Waals surface area contributed by atoms with Gasteiger partial charge in [0.15, 0.2) is 5.82 Å². The quantitative estimate of drug-likeness (QED) is 0.921. The van der Waals surface area contributed by atoms with Gasteiger partial charge in [0.25, 0.3) is 0 Å². The summed E-state index contributed by atoms with van der Waals surface area (Å²) >= 11 is 1.36. The van der Waals surface area contributed by atoms with Gasteiger partial charge in [0.2, 0.25) is 5.13 Å². The van der Waals surface area contributed by atoms with E-state index in [4.69, 9.17) is 4.74 Å². The Hall–Kier alpha value is -1.62. The first-order chi connectivity index (χ1) is 8.49. The molecule has 0 aliphatic heterocycles. The number of nitrogens with zero attached hydrogens (tertiary/aromatic N) is 2.